The largest absolute Gasteiger partial charge is 0.469 e. The molecule has 0 radical (unpaired) electrons. The maximum atomic E-state index is 11.6. The SMILES string of the molecule is COC(=O)C(C)(C)Cc1cccc(C(C)=O)c1. The van der Waals surface area contributed by atoms with Gasteiger partial charge >= 0.3 is 5.97 Å². The van der Waals surface area contributed by atoms with E-state index in [-0.39, 0.29) is 11.8 Å². The number of carbonyl (C=O) groups is 2. The third-order valence-electron chi connectivity index (χ3n) is 2.72. The Morgan fingerprint density at radius 2 is 1.94 bits per heavy atom. The van der Waals surface area contributed by atoms with Gasteiger partial charge in [-0.05, 0) is 38.8 Å². The van der Waals surface area contributed by atoms with E-state index in [2.05, 4.69) is 0 Å². The van der Waals surface area contributed by atoms with Crippen molar-refractivity contribution in [1.82, 2.24) is 0 Å². The van der Waals surface area contributed by atoms with Gasteiger partial charge in [0.1, 0.15) is 0 Å². The molecular weight excluding hydrogens is 216 g/mol. The summed E-state index contributed by atoms with van der Waals surface area (Å²) in [5.74, 6) is -0.214. The standard InChI is InChI=1S/C14H18O3/c1-10(15)12-7-5-6-11(8-12)9-14(2,3)13(16)17-4/h5-8H,9H2,1-4H3. The number of benzene rings is 1. The van der Waals surface area contributed by atoms with Crippen LogP contribution in [0.15, 0.2) is 24.3 Å². The van der Waals surface area contributed by atoms with Crippen LogP contribution in [0.1, 0.15) is 36.7 Å². The fourth-order valence-electron chi connectivity index (χ4n) is 1.76. The number of ketones is 1. The quantitative estimate of drug-likeness (QED) is 0.594. The van der Waals surface area contributed by atoms with E-state index in [1.54, 1.807) is 6.07 Å². The van der Waals surface area contributed by atoms with Crippen LogP contribution in [0.5, 0.6) is 0 Å². The molecular formula is C14H18O3. The molecule has 0 aliphatic rings. The van der Waals surface area contributed by atoms with Crippen LogP contribution >= 0.6 is 0 Å². The topological polar surface area (TPSA) is 43.4 Å². The first-order valence-corrected chi connectivity index (χ1v) is 5.55. The second-order valence-electron chi connectivity index (χ2n) is 4.81. The average molecular weight is 234 g/mol. The zero-order valence-corrected chi connectivity index (χ0v) is 10.7. The fourth-order valence-corrected chi connectivity index (χ4v) is 1.76. The van der Waals surface area contributed by atoms with E-state index >= 15 is 0 Å². The van der Waals surface area contributed by atoms with Crippen LogP contribution in [-0.4, -0.2) is 18.9 Å². The van der Waals surface area contributed by atoms with Crippen LogP contribution in [0, 0.1) is 5.41 Å². The monoisotopic (exact) mass is 234 g/mol. The second kappa shape index (κ2) is 5.13. The molecule has 1 aromatic rings. The Bertz CT molecular complexity index is 433. The summed E-state index contributed by atoms with van der Waals surface area (Å²) in [6.45, 7) is 5.20. The van der Waals surface area contributed by atoms with Gasteiger partial charge in [-0.1, -0.05) is 18.2 Å². The molecule has 0 spiro atoms. The van der Waals surface area contributed by atoms with Gasteiger partial charge in [0.05, 0.1) is 12.5 Å². The normalized spacial score (nSPS) is 11.1. The molecule has 0 aliphatic carbocycles. The Morgan fingerprint density at radius 1 is 1.29 bits per heavy atom. The zero-order chi connectivity index (χ0) is 13.1. The lowest BCUT2D eigenvalue weighted by Gasteiger charge is -2.21. The lowest BCUT2D eigenvalue weighted by Crippen LogP contribution is -2.28. The number of hydrogen-bond donors (Lipinski definition) is 0. The van der Waals surface area contributed by atoms with Crippen molar-refractivity contribution in [2.45, 2.75) is 27.2 Å². The molecule has 0 N–H and O–H groups in total. The van der Waals surface area contributed by atoms with Crippen molar-refractivity contribution in [1.29, 1.82) is 0 Å². The van der Waals surface area contributed by atoms with Crippen molar-refractivity contribution in [2.75, 3.05) is 7.11 Å². The van der Waals surface area contributed by atoms with E-state index < -0.39 is 5.41 Å². The summed E-state index contributed by atoms with van der Waals surface area (Å²) in [6.07, 6.45) is 0.556. The fraction of sp³-hybridized carbons (Fsp3) is 0.429. The molecule has 0 fully saturated rings. The molecule has 3 nitrogen and oxygen atoms in total. The summed E-state index contributed by atoms with van der Waals surface area (Å²) in [7, 11) is 1.38. The van der Waals surface area contributed by atoms with Gasteiger partial charge in [0, 0.05) is 5.56 Å². The van der Waals surface area contributed by atoms with E-state index in [0.29, 0.717) is 12.0 Å². The van der Waals surface area contributed by atoms with Crippen LogP contribution in [0.2, 0.25) is 0 Å². The van der Waals surface area contributed by atoms with Gasteiger partial charge in [-0.3, -0.25) is 9.59 Å². The van der Waals surface area contributed by atoms with Crippen molar-refractivity contribution >= 4 is 11.8 Å². The molecule has 0 atom stereocenters. The first-order valence-electron chi connectivity index (χ1n) is 5.55. The minimum absolute atomic E-state index is 0.0303. The Balaban J connectivity index is 2.92. The predicted molar refractivity (Wildman–Crippen MR) is 65.9 cm³/mol. The number of carbonyl (C=O) groups excluding carboxylic acids is 2. The molecule has 17 heavy (non-hydrogen) atoms. The number of methoxy groups -OCH3 is 1. The summed E-state index contributed by atoms with van der Waals surface area (Å²) in [5.41, 5.74) is 1.06. The summed E-state index contributed by atoms with van der Waals surface area (Å²) >= 11 is 0. The number of esters is 1. The highest BCUT2D eigenvalue weighted by Gasteiger charge is 2.28. The maximum Gasteiger partial charge on any atom is 0.311 e. The van der Waals surface area contributed by atoms with Crippen molar-refractivity contribution in [3.05, 3.63) is 35.4 Å². The highest BCUT2D eigenvalue weighted by molar-refractivity contribution is 5.94. The lowest BCUT2D eigenvalue weighted by molar-refractivity contribution is -0.150. The van der Waals surface area contributed by atoms with Gasteiger partial charge in [0.2, 0.25) is 0 Å². The Kier molecular flexibility index (Phi) is 4.05. The third kappa shape index (κ3) is 3.41. The van der Waals surface area contributed by atoms with Crippen molar-refractivity contribution in [3.8, 4) is 0 Å². The average Bonchev–Trinajstić information content (AvgIpc) is 2.27. The molecule has 1 rings (SSSR count). The maximum absolute atomic E-state index is 11.6. The molecule has 0 amide bonds. The van der Waals surface area contributed by atoms with Crippen molar-refractivity contribution in [2.24, 2.45) is 5.41 Å². The molecule has 0 unspecified atom stereocenters. The molecule has 0 saturated carbocycles. The van der Waals surface area contributed by atoms with Crippen LogP contribution < -0.4 is 0 Å². The van der Waals surface area contributed by atoms with Crippen LogP contribution in [0.25, 0.3) is 0 Å². The van der Waals surface area contributed by atoms with Gasteiger partial charge in [0.15, 0.2) is 5.78 Å². The summed E-state index contributed by atoms with van der Waals surface area (Å²) in [5, 5.41) is 0. The molecule has 92 valence electrons. The predicted octanol–water partition coefficient (Wildman–Crippen LogP) is 2.63. The van der Waals surface area contributed by atoms with Crippen LogP contribution in [-0.2, 0) is 16.0 Å². The van der Waals surface area contributed by atoms with E-state index in [0.717, 1.165) is 5.56 Å². The first kappa shape index (κ1) is 13.4. The third-order valence-corrected chi connectivity index (χ3v) is 2.72. The molecule has 0 heterocycles. The van der Waals surface area contributed by atoms with Gasteiger partial charge < -0.3 is 4.74 Å². The molecule has 1 aromatic carbocycles. The molecule has 0 bridgehead atoms. The van der Waals surface area contributed by atoms with Crippen molar-refractivity contribution in [3.63, 3.8) is 0 Å². The van der Waals surface area contributed by atoms with Gasteiger partial charge in [-0.25, -0.2) is 0 Å². The molecule has 0 saturated heterocycles. The Labute approximate surface area is 102 Å². The van der Waals surface area contributed by atoms with Gasteiger partial charge in [0.25, 0.3) is 0 Å². The van der Waals surface area contributed by atoms with E-state index in [4.69, 9.17) is 4.74 Å². The first-order chi connectivity index (χ1) is 7.86. The minimum atomic E-state index is -0.579. The lowest BCUT2D eigenvalue weighted by atomic mass is 9.85. The Morgan fingerprint density at radius 3 is 2.47 bits per heavy atom. The van der Waals surface area contributed by atoms with Crippen LogP contribution in [0.4, 0.5) is 0 Å². The second-order valence-corrected chi connectivity index (χ2v) is 4.81. The Hall–Kier alpha value is -1.64. The van der Waals surface area contributed by atoms with E-state index in [9.17, 15) is 9.59 Å². The smallest absolute Gasteiger partial charge is 0.311 e. The molecule has 0 aliphatic heterocycles. The number of hydrogen-bond acceptors (Lipinski definition) is 3. The number of Topliss-reactive ketones (excluding diaryl/α,β-unsaturated/α-hetero) is 1. The summed E-state index contributed by atoms with van der Waals surface area (Å²) in [6, 6.07) is 7.35. The summed E-state index contributed by atoms with van der Waals surface area (Å²) < 4.78 is 4.76. The highest BCUT2D eigenvalue weighted by Crippen LogP contribution is 2.23. The van der Waals surface area contributed by atoms with E-state index in [1.807, 2.05) is 32.0 Å². The zero-order valence-electron chi connectivity index (χ0n) is 10.7. The van der Waals surface area contributed by atoms with Crippen LogP contribution in [0.3, 0.4) is 0 Å². The molecule has 0 aromatic heterocycles. The minimum Gasteiger partial charge on any atom is -0.469 e. The van der Waals surface area contributed by atoms with Crippen molar-refractivity contribution < 1.29 is 14.3 Å². The summed E-state index contributed by atoms with van der Waals surface area (Å²) in [4.78, 5) is 22.8. The highest BCUT2D eigenvalue weighted by atomic mass is 16.5. The molecule has 3 heteroatoms. The number of ether oxygens (including phenoxy) is 1. The van der Waals surface area contributed by atoms with E-state index in [1.165, 1.54) is 14.0 Å². The van der Waals surface area contributed by atoms with Gasteiger partial charge in [-0.15, -0.1) is 0 Å². The van der Waals surface area contributed by atoms with Gasteiger partial charge in [-0.2, -0.15) is 0 Å². The number of rotatable bonds is 4.